The Hall–Kier alpha value is -0.120. The van der Waals surface area contributed by atoms with Crippen LogP contribution in [0.5, 0.6) is 0 Å². The van der Waals surface area contributed by atoms with Crippen LogP contribution in [0.1, 0.15) is 26.7 Å². The van der Waals surface area contributed by atoms with Crippen LogP contribution in [-0.4, -0.2) is 41.8 Å². The van der Waals surface area contributed by atoms with Gasteiger partial charge in [-0.3, -0.25) is 0 Å². The summed E-state index contributed by atoms with van der Waals surface area (Å²) >= 11 is 0. The maximum absolute atomic E-state index is 9.56. The second-order valence-corrected chi connectivity index (χ2v) is 4.25. The number of likely N-dealkylation sites (tertiary alicyclic amines) is 1. The topological polar surface area (TPSA) is 49.5 Å². The molecule has 0 radical (unpaired) electrons. The van der Waals surface area contributed by atoms with E-state index >= 15 is 0 Å². The number of aliphatic hydroxyl groups excluding tert-OH is 1. The van der Waals surface area contributed by atoms with Crippen molar-refractivity contribution in [2.45, 2.75) is 38.8 Å². The number of nitrogens with two attached hydrogens (primary N) is 1. The number of nitrogens with zero attached hydrogens (tertiary/aromatic N) is 1. The molecule has 0 amide bonds. The Morgan fingerprint density at radius 3 is 2.85 bits per heavy atom. The molecule has 3 nitrogen and oxygen atoms in total. The molecule has 0 aromatic heterocycles. The highest BCUT2D eigenvalue weighted by Crippen LogP contribution is 2.19. The number of piperidine rings is 1. The van der Waals surface area contributed by atoms with E-state index in [0.717, 1.165) is 32.5 Å². The molecule has 78 valence electrons. The quantitative estimate of drug-likeness (QED) is 0.672. The van der Waals surface area contributed by atoms with Crippen molar-refractivity contribution in [1.82, 2.24) is 4.90 Å². The van der Waals surface area contributed by atoms with Crippen LogP contribution in [0, 0.1) is 5.92 Å². The lowest BCUT2D eigenvalue weighted by molar-refractivity contribution is 0.0193. The lowest BCUT2D eigenvalue weighted by Gasteiger charge is -2.38. The molecule has 0 aromatic rings. The van der Waals surface area contributed by atoms with Crippen LogP contribution in [-0.2, 0) is 0 Å². The summed E-state index contributed by atoms with van der Waals surface area (Å²) in [5, 5.41) is 9.56. The molecule has 0 aliphatic carbocycles. The van der Waals surface area contributed by atoms with Crippen LogP contribution in [0.25, 0.3) is 0 Å². The van der Waals surface area contributed by atoms with Crippen molar-refractivity contribution in [3.63, 3.8) is 0 Å². The van der Waals surface area contributed by atoms with Gasteiger partial charge in [0, 0.05) is 19.1 Å². The third-order valence-electron chi connectivity index (χ3n) is 3.10. The highest BCUT2D eigenvalue weighted by Gasteiger charge is 2.26. The fraction of sp³-hybridized carbons (Fsp3) is 1.00. The maximum Gasteiger partial charge on any atom is 0.0590 e. The lowest BCUT2D eigenvalue weighted by atomic mass is 9.95. The Balaban J connectivity index is 2.36. The van der Waals surface area contributed by atoms with Gasteiger partial charge in [-0.15, -0.1) is 0 Å². The number of rotatable bonds is 3. The smallest absolute Gasteiger partial charge is 0.0590 e. The minimum Gasteiger partial charge on any atom is -0.393 e. The molecule has 1 heterocycles. The van der Waals surface area contributed by atoms with Crippen molar-refractivity contribution in [3.8, 4) is 0 Å². The molecule has 13 heavy (non-hydrogen) atoms. The Kier molecular flexibility index (Phi) is 4.16. The predicted octanol–water partition coefficient (Wildman–Crippen LogP) is 0.426. The summed E-state index contributed by atoms with van der Waals surface area (Å²) in [6.07, 6.45) is 1.88. The van der Waals surface area contributed by atoms with Gasteiger partial charge in [0.1, 0.15) is 0 Å². The SMILES string of the molecule is CC1CN(C(C)CCN)CCC1O. The first-order valence-electron chi connectivity index (χ1n) is 5.27. The average Bonchev–Trinajstić information content (AvgIpc) is 2.10. The highest BCUT2D eigenvalue weighted by atomic mass is 16.3. The van der Waals surface area contributed by atoms with E-state index in [2.05, 4.69) is 18.7 Å². The summed E-state index contributed by atoms with van der Waals surface area (Å²) in [7, 11) is 0. The molecule has 3 atom stereocenters. The van der Waals surface area contributed by atoms with E-state index < -0.39 is 0 Å². The number of aliphatic hydroxyl groups is 1. The molecular formula is C10H22N2O. The molecule has 3 N–H and O–H groups in total. The van der Waals surface area contributed by atoms with Crippen molar-refractivity contribution < 1.29 is 5.11 Å². The van der Waals surface area contributed by atoms with Crippen molar-refractivity contribution in [2.75, 3.05) is 19.6 Å². The molecular weight excluding hydrogens is 164 g/mol. The Morgan fingerprint density at radius 2 is 2.31 bits per heavy atom. The molecule has 1 rings (SSSR count). The van der Waals surface area contributed by atoms with Crippen LogP contribution in [0.2, 0.25) is 0 Å². The van der Waals surface area contributed by atoms with E-state index in [4.69, 9.17) is 5.73 Å². The molecule has 3 heteroatoms. The average molecular weight is 186 g/mol. The second-order valence-electron chi connectivity index (χ2n) is 4.25. The summed E-state index contributed by atoms with van der Waals surface area (Å²) in [6, 6.07) is 0.569. The molecule has 0 aromatic carbocycles. The van der Waals surface area contributed by atoms with Gasteiger partial charge in [0.2, 0.25) is 0 Å². The molecule has 1 fully saturated rings. The van der Waals surface area contributed by atoms with Gasteiger partial charge in [-0.25, -0.2) is 0 Å². The van der Waals surface area contributed by atoms with E-state index in [1.54, 1.807) is 0 Å². The highest BCUT2D eigenvalue weighted by molar-refractivity contribution is 4.80. The van der Waals surface area contributed by atoms with Gasteiger partial charge < -0.3 is 15.7 Å². The van der Waals surface area contributed by atoms with Crippen molar-refractivity contribution in [2.24, 2.45) is 11.7 Å². The van der Waals surface area contributed by atoms with Crippen LogP contribution >= 0.6 is 0 Å². The van der Waals surface area contributed by atoms with Gasteiger partial charge in [0.05, 0.1) is 6.10 Å². The summed E-state index contributed by atoms with van der Waals surface area (Å²) in [5.74, 6) is 0.411. The Morgan fingerprint density at radius 1 is 1.62 bits per heavy atom. The fourth-order valence-electron chi connectivity index (χ4n) is 1.99. The first kappa shape index (κ1) is 11.0. The molecule has 0 spiro atoms. The zero-order valence-electron chi connectivity index (χ0n) is 8.74. The Labute approximate surface area is 80.9 Å². The van der Waals surface area contributed by atoms with Crippen molar-refractivity contribution >= 4 is 0 Å². The van der Waals surface area contributed by atoms with Gasteiger partial charge in [0.25, 0.3) is 0 Å². The molecule has 0 saturated carbocycles. The van der Waals surface area contributed by atoms with Crippen LogP contribution < -0.4 is 5.73 Å². The molecule has 3 unspecified atom stereocenters. The minimum absolute atomic E-state index is 0.0960. The monoisotopic (exact) mass is 186 g/mol. The third-order valence-corrected chi connectivity index (χ3v) is 3.10. The second kappa shape index (κ2) is 4.94. The normalized spacial score (nSPS) is 33.2. The largest absolute Gasteiger partial charge is 0.393 e. The zero-order valence-corrected chi connectivity index (χ0v) is 8.74. The van der Waals surface area contributed by atoms with E-state index in [-0.39, 0.29) is 6.10 Å². The molecule has 0 bridgehead atoms. The van der Waals surface area contributed by atoms with Crippen LogP contribution in [0.4, 0.5) is 0 Å². The van der Waals surface area contributed by atoms with E-state index in [1.807, 2.05) is 0 Å². The van der Waals surface area contributed by atoms with Gasteiger partial charge in [0.15, 0.2) is 0 Å². The van der Waals surface area contributed by atoms with E-state index in [0.29, 0.717) is 12.0 Å². The number of hydrogen-bond donors (Lipinski definition) is 2. The van der Waals surface area contributed by atoms with E-state index in [1.165, 1.54) is 0 Å². The lowest BCUT2D eigenvalue weighted by Crippen LogP contribution is -2.46. The zero-order chi connectivity index (χ0) is 9.84. The van der Waals surface area contributed by atoms with Gasteiger partial charge >= 0.3 is 0 Å². The van der Waals surface area contributed by atoms with E-state index in [9.17, 15) is 5.11 Å². The van der Waals surface area contributed by atoms with Crippen LogP contribution in [0.3, 0.4) is 0 Å². The van der Waals surface area contributed by atoms with Gasteiger partial charge in [-0.05, 0) is 32.2 Å². The van der Waals surface area contributed by atoms with Crippen LogP contribution in [0.15, 0.2) is 0 Å². The van der Waals surface area contributed by atoms with Gasteiger partial charge in [-0.2, -0.15) is 0 Å². The third kappa shape index (κ3) is 2.93. The first-order valence-corrected chi connectivity index (χ1v) is 5.27. The Bertz CT molecular complexity index is 152. The molecule has 1 aliphatic rings. The summed E-state index contributed by atoms with van der Waals surface area (Å²) in [4.78, 5) is 2.43. The van der Waals surface area contributed by atoms with Crippen molar-refractivity contribution in [3.05, 3.63) is 0 Å². The summed E-state index contributed by atoms with van der Waals surface area (Å²) < 4.78 is 0. The standard InChI is InChI=1S/C10H22N2O/c1-8-7-12(6-4-10(8)13)9(2)3-5-11/h8-10,13H,3-7,11H2,1-2H3. The fourth-order valence-corrected chi connectivity index (χ4v) is 1.99. The minimum atomic E-state index is -0.0960. The molecule has 1 saturated heterocycles. The number of hydrogen-bond acceptors (Lipinski definition) is 3. The first-order chi connectivity index (χ1) is 6.15. The van der Waals surface area contributed by atoms with Crippen molar-refractivity contribution in [1.29, 1.82) is 0 Å². The predicted molar refractivity (Wildman–Crippen MR) is 54.5 cm³/mol. The van der Waals surface area contributed by atoms with Gasteiger partial charge in [-0.1, -0.05) is 6.92 Å². The maximum atomic E-state index is 9.56. The summed E-state index contributed by atoms with van der Waals surface area (Å²) in [5.41, 5.74) is 5.52. The molecule has 1 aliphatic heterocycles. The summed E-state index contributed by atoms with van der Waals surface area (Å²) in [6.45, 7) is 7.13.